The van der Waals surface area contributed by atoms with Crippen molar-refractivity contribution in [1.29, 1.82) is 0 Å². The largest absolute Gasteiger partial charge is 0.462 e. The SMILES string of the molecule is CCOC(=O)c1sc(N)nc1-c1cc(C)ccc1C. The number of nitrogens with zero attached hydrogens (tertiary/aromatic N) is 1. The lowest BCUT2D eigenvalue weighted by Crippen LogP contribution is -2.04. The summed E-state index contributed by atoms with van der Waals surface area (Å²) in [6, 6.07) is 6.04. The van der Waals surface area contributed by atoms with Crippen LogP contribution in [0.4, 0.5) is 5.13 Å². The molecule has 0 atom stereocenters. The standard InChI is InChI=1S/C14H16N2O2S/c1-4-18-13(17)12-11(16-14(15)19-12)10-7-8(2)5-6-9(10)3/h5-7H,4H2,1-3H3,(H2,15,16). The van der Waals surface area contributed by atoms with Crippen LogP contribution in [0, 0.1) is 13.8 Å². The first-order chi connectivity index (χ1) is 9.02. The number of aryl methyl sites for hydroxylation is 2. The first-order valence-corrected chi connectivity index (χ1v) is 6.85. The molecule has 100 valence electrons. The first kappa shape index (κ1) is 13.5. The van der Waals surface area contributed by atoms with E-state index >= 15 is 0 Å². The fourth-order valence-corrected chi connectivity index (χ4v) is 2.59. The van der Waals surface area contributed by atoms with E-state index in [0.717, 1.165) is 28.0 Å². The van der Waals surface area contributed by atoms with Crippen molar-refractivity contribution in [2.75, 3.05) is 12.3 Å². The molecule has 0 aliphatic carbocycles. The molecule has 0 unspecified atom stereocenters. The Morgan fingerprint density at radius 2 is 2.16 bits per heavy atom. The predicted molar refractivity (Wildman–Crippen MR) is 77.4 cm³/mol. The Morgan fingerprint density at radius 3 is 2.84 bits per heavy atom. The number of hydrogen-bond acceptors (Lipinski definition) is 5. The molecule has 19 heavy (non-hydrogen) atoms. The third kappa shape index (κ3) is 2.76. The normalized spacial score (nSPS) is 10.5. The number of anilines is 1. The Kier molecular flexibility index (Phi) is 3.85. The number of ether oxygens (including phenoxy) is 1. The fourth-order valence-electron chi connectivity index (χ4n) is 1.85. The maximum atomic E-state index is 11.9. The van der Waals surface area contributed by atoms with Gasteiger partial charge in [-0.1, -0.05) is 29.0 Å². The van der Waals surface area contributed by atoms with E-state index in [1.54, 1.807) is 6.92 Å². The molecule has 1 aromatic heterocycles. The van der Waals surface area contributed by atoms with Gasteiger partial charge in [-0.2, -0.15) is 0 Å². The molecule has 1 aromatic carbocycles. The minimum absolute atomic E-state index is 0.336. The molecule has 0 saturated carbocycles. The first-order valence-electron chi connectivity index (χ1n) is 6.04. The molecule has 0 amide bonds. The molecular weight excluding hydrogens is 260 g/mol. The molecule has 0 aliphatic heterocycles. The lowest BCUT2D eigenvalue weighted by Gasteiger charge is -2.06. The molecular formula is C14H16N2O2S. The number of aromatic nitrogens is 1. The summed E-state index contributed by atoms with van der Waals surface area (Å²) < 4.78 is 5.05. The molecule has 0 bridgehead atoms. The summed E-state index contributed by atoms with van der Waals surface area (Å²) in [4.78, 5) is 16.7. The number of esters is 1. The number of carbonyl (C=O) groups is 1. The Labute approximate surface area is 116 Å². The van der Waals surface area contributed by atoms with E-state index in [1.807, 2.05) is 32.0 Å². The van der Waals surface area contributed by atoms with Gasteiger partial charge >= 0.3 is 5.97 Å². The Bertz CT molecular complexity index is 620. The van der Waals surface area contributed by atoms with Crippen LogP contribution in [0.1, 0.15) is 27.7 Å². The Hall–Kier alpha value is -1.88. The maximum absolute atomic E-state index is 11.9. The molecule has 4 nitrogen and oxygen atoms in total. The summed E-state index contributed by atoms with van der Waals surface area (Å²) in [5.41, 5.74) is 9.45. The second-order valence-corrected chi connectivity index (χ2v) is 5.30. The molecule has 5 heteroatoms. The van der Waals surface area contributed by atoms with E-state index in [2.05, 4.69) is 4.98 Å². The summed E-state index contributed by atoms with van der Waals surface area (Å²) in [6.07, 6.45) is 0. The van der Waals surface area contributed by atoms with Gasteiger partial charge < -0.3 is 10.5 Å². The fraction of sp³-hybridized carbons (Fsp3) is 0.286. The molecule has 0 aliphatic rings. The minimum atomic E-state index is -0.368. The van der Waals surface area contributed by atoms with Crippen molar-refractivity contribution in [3.63, 3.8) is 0 Å². The Balaban J connectivity index is 2.56. The summed E-state index contributed by atoms with van der Waals surface area (Å²) >= 11 is 1.16. The maximum Gasteiger partial charge on any atom is 0.350 e. The molecule has 0 saturated heterocycles. The van der Waals surface area contributed by atoms with Crippen LogP contribution in [0.25, 0.3) is 11.3 Å². The van der Waals surface area contributed by atoms with E-state index in [4.69, 9.17) is 10.5 Å². The van der Waals surface area contributed by atoms with Crippen LogP contribution in [0.15, 0.2) is 18.2 Å². The van der Waals surface area contributed by atoms with Crippen LogP contribution in [0.5, 0.6) is 0 Å². The monoisotopic (exact) mass is 276 g/mol. The summed E-state index contributed by atoms with van der Waals surface area (Å²) in [5.74, 6) is -0.368. The van der Waals surface area contributed by atoms with E-state index in [9.17, 15) is 4.79 Å². The van der Waals surface area contributed by atoms with Crippen molar-refractivity contribution >= 4 is 22.4 Å². The van der Waals surface area contributed by atoms with Gasteiger partial charge in [0.05, 0.1) is 12.3 Å². The van der Waals surface area contributed by atoms with Crippen molar-refractivity contribution in [3.05, 3.63) is 34.2 Å². The predicted octanol–water partition coefficient (Wildman–Crippen LogP) is 3.19. The minimum Gasteiger partial charge on any atom is -0.462 e. The number of nitrogen functional groups attached to an aromatic ring is 1. The van der Waals surface area contributed by atoms with Crippen molar-refractivity contribution in [2.24, 2.45) is 0 Å². The van der Waals surface area contributed by atoms with Crippen molar-refractivity contribution in [3.8, 4) is 11.3 Å². The molecule has 1 heterocycles. The van der Waals surface area contributed by atoms with Gasteiger partial charge in [0.15, 0.2) is 5.13 Å². The van der Waals surface area contributed by atoms with Gasteiger partial charge in [0.2, 0.25) is 0 Å². The number of thiazole rings is 1. The number of rotatable bonds is 3. The number of nitrogens with two attached hydrogens (primary N) is 1. The van der Waals surface area contributed by atoms with Crippen LogP contribution >= 0.6 is 11.3 Å². The molecule has 0 spiro atoms. The summed E-state index contributed by atoms with van der Waals surface area (Å²) in [6.45, 7) is 6.10. The van der Waals surface area contributed by atoms with Crippen LogP contribution in [0.3, 0.4) is 0 Å². The van der Waals surface area contributed by atoms with Gasteiger partial charge in [0.25, 0.3) is 0 Å². The highest BCUT2D eigenvalue weighted by atomic mass is 32.1. The second kappa shape index (κ2) is 5.40. The average Bonchev–Trinajstić information content (AvgIpc) is 2.75. The lowest BCUT2D eigenvalue weighted by molar-refractivity contribution is 0.0532. The van der Waals surface area contributed by atoms with Gasteiger partial charge in [-0.3, -0.25) is 0 Å². The van der Waals surface area contributed by atoms with Crippen molar-refractivity contribution < 1.29 is 9.53 Å². The molecule has 0 radical (unpaired) electrons. The molecule has 2 rings (SSSR count). The smallest absolute Gasteiger partial charge is 0.350 e. The Morgan fingerprint density at radius 1 is 1.42 bits per heavy atom. The third-order valence-corrected chi connectivity index (χ3v) is 3.62. The average molecular weight is 276 g/mol. The van der Waals surface area contributed by atoms with E-state index in [0.29, 0.717) is 22.3 Å². The van der Waals surface area contributed by atoms with Crippen LogP contribution in [-0.4, -0.2) is 17.6 Å². The topological polar surface area (TPSA) is 65.2 Å². The summed E-state index contributed by atoms with van der Waals surface area (Å²) in [7, 11) is 0. The van der Waals surface area contributed by atoms with Gasteiger partial charge in [0.1, 0.15) is 4.88 Å². The highest BCUT2D eigenvalue weighted by Crippen LogP contribution is 2.32. The lowest BCUT2D eigenvalue weighted by atomic mass is 10.0. The zero-order valence-corrected chi connectivity index (χ0v) is 12.0. The van der Waals surface area contributed by atoms with E-state index in [-0.39, 0.29) is 5.97 Å². The second-order valence-electron chi connectivity index (χ2n) is 4.27. The van der Waals surface area contributed by atoms with E-state index in [1.165, 1.54) is 0 Å². The van der Waals surface area contributed by atoms with Gasteiger partial charge in [-0.05, 0) is 32.4 Å². The highest BCUT2D eigenvalue weighted by Gasteiger charge is 2.20. The molecule has 0 fully saturated rings. The number of benzene rings is 1. The zero-order chi connectivity index (χ0) is 14.0. The molecule has 2 N–H and O–H groups in total. The van der Waals surface area contributed by atoms with Crippen LogP contribution < -0.4 is 5.73 Å². The quantitative estimate of drug-likeness (QED) is 0.874. The van der Waals surface area contributed by atoms with Crippen LogP contribution in [0.2, 0.25) is 0 Å². The van der Waals surface area contributed by atoms with Crippen molar-refractivity contribution in [1.82, 2.24) is 4.98 Å². The van der Waals surface area contributed by atoms with Gasteiger partial charge in [-0.15, -0.1) is 0 Å². The number of carbonyl (C=O) groups excluding carboxylic acids is 1. The van der Waals surface area contributed by atoms with Gasteiger partial charge in [-0.25, -0.2) is 9.78 Å². The zero-order valence-electron chi connectivity index (χ0n) is 11.2. The highest BCUT2D eigenvalue weighted by molar-refractivity contribution is 7.17. The van der Waals surface area contributed by atoms with Crippen molar-refractivity contribution in [2.45, 2.75) is 20.8 Å². The van der Waals surface area contributed by atoms with Crippen LogP contribution in [-0.2, 0) is 4.74 Å². The summed E-state index contributed by atoms with van der Waals surface area (Å²) in [5, 5.41) is 0.374. The number of hydrogen-bond donors (Lipinski definition) is 1. The molecule has 2 aromatic rings. The van der Waals surface area contributed by atoms with E-state index < -0.39 is 0 Å². The van der Waals surface area contributed by atoms with Gasteiger partial charge in [0, 0.05) is 5.56 Å². The third-order valence-electron chi connectivity index (χ3n) is 2.75.